The molecule has 0 radical (unpaired) electrons. The normalized spacial score (nSPS) is 15.1. The molecule has 0 aliphatic heterocycles. The molecule has 3 heterocycles. The second kappa shape index (κ2) is 11.0. The molecule has 228 valence electrons. The van der Waals surface area contributed by atoms with E-state index in [1.807, 2.05) is 12.1 Å². The second-order valence-electron chi connectivity index (χ2n) is 11.3. The quantitative estimate of drug-likeness (QED) is 0.165. The van der Waals surface area contributed by atoms with Gasteiger partial charge in [-0.05, 0) is 51.8 Å². The number of alkyl halides is 5. The lowest BCUT2D eigenvalue weighted by Gasteiger charge is -2.28. The van der Waals surface area contributed by atoms with E-state index in [9.17, 15) is 36.9 Å². The summed E-state index contributed by atoms with van der Waals surface area (Å²) >= 11 is 0. The standard InChI is InChI=1S/C29H25F6N9/c1-15-19(4-5-22(30)40-15)25(21-13-44(43-42-21)28(6-7-28)26(31)32)41-18-8-16(10-36)23-20(9-18)24(17(11-37)12-38-23)39-14-27(2,3)29(33,34)35/h4-5,8-9,12-13,25-26,41H,6-7,14H2,1-3H3,(H,38,39)/t25-/m0/s1. The summed E-state index contributed by atoms with van der Waals surface area (Å²) in [6.45, 7) is 3.00. The van der Waals surface area contributed by atoms with Gasteiger partial charge in [-0.3, -0.25) is 4.98 Å². The van der Waals surface area contributed by atoms with Gasteiger partial charge in [-0.2, -0.15) is 28.1 Å². The Hall–Kier alpha value is -4.92. The summed E-state index contributed by atoms with van der Waals surface area (Å²) in [5.41, 5.74) is -2.31. The molecule has 1 fully saturated rings. The Morgan fingerprint density at radius 1 is 1.09 bits per heavy atom. The Labute approximate surface area is 247 Å². The molecule has 1 aliphatic carbocycles. The van der Waals surface area contributed by atoms with Gasteiger partial charge in [0.1, 0.15) is 23.4 Å². The van der Waals surface area contributed by atoms with Crippen LogP contribution in [0.25, 0.3) is 10.9 Å². The Morgan fingerprint density at radius 3 is 2.39 bits per heavy atom. The van der Waals surface area contributed by atoms with Crippen molar-refractivity contribution >= 4 is 22.3 Å². The van der Waals surface area contributed by atoms with Crippen LogP contribution in [0.5, 0.6) is 0 Å². The van der Waals surface area contributed by atoms with E-state index in [1.165, 1.54) is 30.6 Å². The van der Waals surface area contributed by atoms with Crippen molar-refractivity contribution in [1.29, 1.82) is 10.5 Å². The van der Waals surface area contributed by atoms with Crippen LogP contribution < -0.4 is 10.6 Å². The van der Waals surface area contributed by atoms with E-state index in [-0.39, 0.29) is 57.6 Å². The van der Waals surface area contributed by atoms with Crippen molar-refractivity contribution in [2.45, 2.75) is 57.8 Å². The lowest BCUT2D eigenvalue weighted by atomic mass is 9.92. The third kappa shape index (κ3) is 5.45. The predicted molar refractivity (Wildman–Crippen MR) is 147 cm³/mol. The number of nitrogens with zero attached hydrogens (tertiary/aromatic N) is 7. The average Bonchev–Trinajstić information content (AvgIpc) is 3.64. The molecule has 0 amide bonds. The smallest absolute Gasteiger partial charge is 0.382 e. The summed E-state index contributed by atoms with van der Waals surface area (Å²) in [6.07, 6.45) is -4.25. The zero-order chi connectivity index (χ0) is 32.0. The van der Waals surface area contributed by atoms with Gasteiger partial charge in [-0.25, -0.2) is 18.4 Å². The van der Waals surface area contributed by atoms with Crippen molar-refractivity contribution in [2.24, 2.45) is 5.41 Å². The number of fused-ring (bicyclic) bond motifs is 1. The minimum Gasteiger partial charge on any atom is -0.382 e. The van der Waals surface area contributed by atoms with Gasteiger partial charge in [-0.15, -0.1) is 5.10 Å². The van der Waals surface area contributed by atoms with Crippen molar-refractivity contribution in [3.63, 3.8) is 0 Å². The van der Waals surface area contributed by atoms with Crippen LogP contribution in [0.4, 0.5) is 37.7 Å². The van der Waals surface area contributed by atoms with Crippen molar-refractivity contribution in [3.8, 4) is 12.1 Å². The molecular weight excluding hydrogens is 588 g/mol. The topological polar surface area (TPSA) is 128 Å². The first-order chi connectivity index (χ1) is 20.7. The number of hydrogen-bond donors (Lipinski definition) is 2. The largest absolute Gasteiger partial charge is 0.395 e. The maximum absolute atomic E-state index is 13.9. The summed E-state index contributed by atoms with van der Waals surface area (Å²) in [5, 5.41) is 33.8. The van der Waals surface area contributed by atoms with Crippen LogP contribution in [0.2, 0.25) is 0 Å². The van der Waals surface area contributed by atoms with Gasteiger partial charge in [0, 0.05) is 35.1 Å². The van der Waals surface area contributed by atoms with Crippen LogP contribution >= 0.6 is 0 Å². The highest BCUT2D eigenvalue weighted by Crippen LogP contribution is 2.48. The third-order valence-electron chi connectivity index (χ3n) is 7.83. The fourth-order valence-corrected chi connectivity index (χ4v) is 4.78. The number of nitriles is 2. The molecule has 3 aromatic heterocycles. The van der Waals surface area contributed by atoms with Crippen LogP contribution in [0, 0.1) is 40.9 Å². The maximum Gasteiger partial charge on any atom is 0.395 e. The molecule has 0 spiro atoms. The first kappa shape index (κ1) is 30.5. The van der Waals surface area contributed by atoms with E-state index >= 15 is 0 Å². The Morgan fingerprint density at radius 2 is 1.80 bits per heavy atom. The molecule has 1 aromatic carbocycles. The van der Waals surface area contributed by atoms with Crippen LogP contribution in [-0.4, -0.2) is 44.1 Å². The molecule has 0 bridgehead atoms. The summed E-state index contributed by atoms with van der Waals surface area (Å²) in [6, 6.07) is 8.52. The highest BCUT2D eigenvalue weighted by molar-refractivity contribution is 5.99. The second-order valence-corrected chi connectivity index (χ2v) is 11.3. The zero-order valence-electron chi connectivity index (χ0n) is 23.6. The van der Waals surface area contributed by atoms with E-state index in [4.69, 9.17) is 0 Å². The highest BCUT2D eigenvalue weighted by atomic mass is 19.4. The van der Waals surface area contributed by atoms with Crippen molar-refractivity contribution in [3.05, 3.63) is 70.7 Å². The van der Waals surface area contributed by atoms with Crippen LogP contribution in [-0.2, 0) is 5.54 Å². The van der Waals surface area contributed by atoms with Gasteiger partial charge in [0.15, 0.2) is 0 Å². The molecule has 1 saturated carbocycles. The van der Waals surface area contributed by atoms with E-state index < -0.39 is 42.1 Å². The highest BCUT2D eigenvalue weighted by Gasteiger charge is 2.54. The number of hydrogen-bond acceptors (Lipinski definition) is 8. The van der Waals surface area contributed by atoms with Gasteiger partial charge in [0.2, 0.25) is 5.95 Å². The molecule has 9 nitrogen and oxygen atoms in total. The van der Waals surface area contributed by atoms with Crippen molar-refractivity contribution in [2.75, 3.05) is 17.2 Å². The summed E-state index contributed by atoms with van der Waals surface area (Å²) in [4.78, 5) is 8.07. The SMILES string of the molecule is Cc1nc(F)ccc1[C@H](Nc1cc(C#N)c2ncc(C#N)c(NCC(C)(C)C(F)(F)F)c2c1)c1cn(C2(C(F)F)CC2)nn1. The number of aromatic nitrogens is 5. The van der Waals surface area contributed by atoms with Crippen LogP contribution in [0.1, 0.15) is 60.8 Å². The minimum atomic E-state index is -4.55. The number of aryl methyl sites for hydroxylation is 1. The molecule has 2 N–H and O–H groups in total. The fourth-order valence-electron chi connectivity index (χ4n) is 4.78. The maximum atomic E-state index is 13.9. The lowest BCUT2D eigenvalue weighted by Crippen LogP contribution is -2.38. The zero-order valence-corrected chi connectivity index (χ0v) is 23.6. The molecule has 15 heteroatoms. The number of nitrogens with one attached hydrogen (secondary N) is 2. The Bertz CT molecular complexity index is 1810. The molecular formula is C29H25F6N9. The Balaban J connectivity index is 1.62. The molecule has 0 unspecified atom stereocenters. The van der Waals surface area contributed by atoms with Gasteiger partial charge in [0.25, 0.3) is 6.43 Å². The summed E-state index contributed by atoms with van der Waals surface area (Å²) in [5.74, 6) is -0.742. The fraction of sp³-hybridized carbons (Fsp3) is 0.379. The van der Waals surface area contributed by atoms with E-state index in [0.717, 1.165) is 24.6 Å². The first-order valence-corrected chi connectivity index (χ1v) is 13.4. The van der Waals surface area contributed by atoms with Crippen molar-refractivity contribution in [1.82, 2.24) is 25.0 Å². The summed E-state index contributed by atoms with van der Waals surface area (Å²) in [7, 11) is 0. The molecule has 44 heavy (non-hydrogen) atoms. The summed E-state index contributed by atoms with van der Waals surface area (Å²) < 4.78 is 83.5. The van der Waals surface area contributed by atoms with E-state index in [2.05, 4.69) is 30.9 Å². The van der Waals surface area contributed by atoms with E-state index in [0.29, 0.717) is 5.56 Å². The number of pyridine rings is 2. The first-order valence-electron chi connectivity index (χ1n) is 13.4. The molecule has 0 saturated heterocycles. The molecule has 1 atom stereocenters. The third-order valence-corrected chi connectivity index (χ3v) is 7.83. The molecule has 1 aliphatic rings. The number of halogens is 6. The Kier molecular flexibility index (Phi) is 7.61. The monoisotopic (exact) mass is 613 g/mol. The van der Waals surface area contributed by atoms with E-state index in [1.54, 1.807) is 6.92 Å². The van der Waals surface area contributed by atoms with Crippen LogP contribution in [0.15, 0.2) is 36.7 Å². The number of anilines is 2. The number of benzene rings is 1. The van der Waals surface area contributed by atoms with Crippen molar-refractivity contribution < 1.29 is 26.3 Å². The van der Waals surface area contributed by atoms with Gasteiger partial charge in [0.05, 0.1) is 40.0 Å². The number of rotatable bonds is 9. The molecule has 5 rings (SSSR count). The average molecular weight is 614 g/mol. The predicted octanol–water partition coefficient (Wildman–Crippen LogP) is 6.37. The minimum absolute atomic E-state index is 0.0404. The van der Waals surface area contributed by atoms with Gasteiger partial charge < -0.3 is 10.6 Å². The van der Waals surface area contributed by atoms with Crippen LogP contribution in [0.3, 0.4) is 0 Å². The molecule has 4 aromatic rings. The van der Waals surface area contributed by atoms with Gasteiger partial charge >= 0.3 is 6.18 Å². The lowest BCUT2D eigenvalue weighted by molar-refractivity contribution is -0.206. The van der Waals surface area contributed by atoms with Gasteiger partial charge in [-0.1, -0.05) is 11.3 Å².